The molecule has 4 aromatic rings. The molecular formula is C44H52N4O4. The van der Waals surface area contributed by atoms with Crippen molar-refractivity contribution in [3.05, 3.63) is 131 Å². The Morgan fingerprint density at radius 1 is 0.538 bits per heavy atom. The summed E-state index contributed by atoms with van der Waals surface area (Å²) >= 11 is 0. The van der Waals surface area contributed by atoms with Crippen LogP contribution in [0.15, 0.2) is 109 Å². The van der Waals surface area contributed by atoms with Crippen molar-refractivity contribution >= 4 is 23.6 Å². The Hall–Kier alpha value is -4.98. The Kier molecular flexibility index (Phi) is 9.68. The summed E-state index contributed by atoms with van der Waals surface area (Å²) in [4.78, 5) is 29.5. The molecule has 0 radical (unpaired) electrons. The quantitative estimate of drug-likeness (QED) is 0.217. The zero-order valence-corrected chi connectivity index (χ0v) is 31.2. The van der Waals surface area contributed by atoms with Crippen LogP contribution in [-0.4, -0.2) is 46.3 Å². The zero-order valence-electron chi connectivity index (χ0n) is 31.2. The Balaban J connectivity index is 0.000000162. The smallest absolute Gasteiger partial charge is 0.410 e. The molecule has 4 aliphatic rings. The maximum atomic E-state index is 12.9. The van der Waals surface area contributed by atoms with Gasteiger partial charge in [-0.1, -0.05) is 97.1 Å². The van der Waals surface area contributed by atoms with Crippen LogP contribution in [0.4, 0.5) is 21.0 Å². The van der Waals surface area contributed by atoms with Crippen molar-refractivity contribution < 1.29 is 19.1 Å². The molecule has 0 bridgehead atoms. The molecular weight excluding hydrogens is 649 g/mol. The number of para-hydroxylation sites is 2. The summed E-state index contributed by atoms with van der Waals surface area (Å²) in [5.41, 5.74) is 6.16. The van der Waals surface area contributed by atoms with Crippen molar-refractivity contribution in [2.75, 3.05) is 23.7 Å². The molecule has 0 saturated carbocycles. The van der Waals surface area contributed by atoms with E-state index in [4.69, 9.17) is 9.47 Å². The molecule has 272 valence electrons. The first-order chi connectivity index (χ1) is 24.9. The number of benzene rings is 4. The van der Waals surface area contributed by atoms with Crippen molar-refractivity contribution in [3.63, 3.8) is 0 Å². The van der Waals surface area contributed by atoms with Gasteiger partial charge in [0.1, 0.15) is 11.2 Å². The highest BCUT2D eigenvalue weighted by Gasteiger charge is 2.48. The van der Waals surface area contributed by atoms with Gasteiger partial charge in [0, 0.05) is 36.3 Å². The van der Waals surface area contributed by atoms with E-state index in [0.29, 0.717) is 11.8 Å². The molecule has 4 aliphatic heterocycles. The van der Waals surface area contributed by atoms with Crippen LogP contribution in [0, 0.1) is 11.8 Å². The van der Waals surface area contributed by atoms with E-state index in [-0.39, 0.29) is 36.4 Å². The average Bonchev–Trinajstić information content (AvgIpc) is 3.77. The van der Waals surface area contributed by atoms with Crippen LogP contribution in [0.25, 0.3) is 0 Å². The second-order valence-corrected chi connectivity index (χ2v) is 16.4. The minimum absolute atomic E-state index is 0.0486. The summed E-state index contributed by atoms with van der Waals surface area (Å²) in [6.07, 6.45) is 1.50. The summed E-state index contributed by atoms with van der Waals surface area (Å²) in [7, 11) is 0. The van der Waals surface area contributed by atoms with Crippen LogP contribution >= 0.6 is 0 Å². The van der Waals surface area contributed by atoms with Crippen molar-refractivity contribution in [3.8, 4) is 0 Å². The van der Waals surface area contributed by atoms with E-state index >= 15 is 0 Å². The molecule has 4 heterocycles. The fourth-order valence-electron chi connectivity index (χ4n) is 8.48. The third-order valence-corrected chi connectivity index (χ3v) is 10.5. The summed E-state index contributed by atoms with van der Waals surface area (Å²) in [5, 5.41) is 7.43. The topological polar surface area (TPSA) is 83.1 Å². The van der Waals surface area contributed by atoms with Crippen molar-refractivity contribution in [1.29, 1.82) is 0 Å². The van der Waals surface area contributed by atoms with Crippen molar-refractivity contribution in [1.82, 2.24) is 9.80 Å². The first-order valence-electron chi connectivity index (χ1n) is 18.7. The molecule has 0 aliphatic carbocycles. The number of hydrogen-bond donors (Lipinski definition) is 2. The number of hydrogen-bond acceptors (Lipinski definition) is 6. The fraction of sp³-hybridized carbons (Fsp3) is 0.409. The summed E-state index contributed by atoms with van der Waals surface area (Å²) in [6, 6.07) is 38.2. The van der Waals surface area contributed by atoms with E-state index in [1.165, 1.54) is 22.3 Å². The molecule has 2 amide bonds. The van der Waals surface area contributed by atoms with Gasteiger partial charge in [-0.05, 0) is 88.8 Å². The normalized spacial score (nSPS) is 24.4. The molecule has 0 aromatic heterocycles. The number of rotatable bonds is 2. The lowest BCUT2D eigenvalue weighted by molar-refractivity contribution is 0.0188. The SMILES string of the molecule is CC(C)(C)OC(=O)N1CC[C@@H]2[C@H](c3ccccc3)Nc3ccccc3[C@@H]21.CC(C)(C)OC(=O)N1CC[C@H]2[C@@H](c3ccccc3)Nc3ccccc3[C@H]21. The van der Waals surface area contributed by atoms with E-state index in [0.717, 1.165) is 37.3 Å². The lowest BCUT2D eigenvalue weighted by Crippen LogP contribution is -2.40. The summed E-state index contributed by atoms with van der Waals surface area (Å²) in [6.45, 7) is 13.0. The molecule has 0 spiro atoms. The Morgan fingerprint density at radius 3 is 1.25 bits per heavy atom. The van der Waals surface area contributed by atoms with Crippen LogP contribution in [0.3, 0.4) is 0 Å². The molecule has 8 nitrogen and oxygen atoms in total. The Labute approximate surface area is 308 Å². The number of carbonyl (C=O) groups excluding carboxylic acids is 2. The molecule has 0 unspecified atom stereocenters. The number of ether oxygens (including phenoxy) is 2. The number of anilines is 2. The van der Waals surface area contributed by atoms with Crippen LogP contribution < -0.4 is 10.6 Å². The van der Waals surface area contributed by atoms with Gasteiger partial charge >= 0.3 is 12.2 Å². The van der Waals surface area contributed by atoms with Crippen LogP contribution in [0.5, 0.6) is 0 Å². The molecule has 6 atom stereocenters. The van der Waals surface area contributed by atoms with E-state index < -0.39 is 11.2 Å². The average molecular weight is 701 g/mol. The molecule has 2 N–H and O–H groups in total. The van der Waals surface area contributed by atoms with Gasteiger partial charge in [0.15, 0.2) is 0 Å². The van der Waals surface area contributed by atoms with Crippen LogP contribution in [0.1, 0.15) is 101 Å². The monoisotopic (exact) mass is 700 g/mol. The Morgan fingerprint density at radius 2 is 0.885 bits per heavy atom. The van der Waals surface area contributed by atoms with Gasteiger partial charge in [0.2, 0.25) is 0 Å². The van der Waals surface area contributed by atoms with Crippen molar-refractivity contribution in [2.24, 2.45) is 11.8 Å². The van der Waals surface area contributed by atoms with Crippen molar-refractivity contribution in [2.45, 2.75) is 89.8 Å². The summed E-state index contributed by atoms with van der Waals surface area (Å²) in [5.74, 6) is 0.666. The van der Waals surface area contributed by atoms with E-state index in [2.05, 4.69) is 83.4 Å². The molecule has 52 heavy (non-hydrogen) atoms. The van der Waals surface area contributed by atoms with Gasteiger partial charge in [-0.25, -0.2) is 9.59 Å². The van der Waals surface area contributed by atoms with Gasteiger partial charge < -0.3 is 29.9 Å². The number of fused-ring (bicyclic) bond motifs is 6. The van der Waals surface area contributed by atoms with Gasteiger partial charge in [-0.3, -0.25) is 0 Å². The van der Waals surface area contributed by atoms with E-state index in [1.54, 1.807) is 0 Å². The van der Waals surface area contributed by atoms with Gasteiger partial charge in [-0.15, -0.1) is 0 Å². The lowest BCUT2D eigenvalue weighted by Gasteiger charge is -2.40. The van der Waals surface area contributed by atoms with Crippen LogP contribution in [0.2, 0.25) is 0 Å². The second kappa shape index (κ2) is 14.2. The van der Waals surface area contributed by atoms with Gasteiger partial charge in [0.25, 0.3) is 0 Å². The minimum atomic E-state index is -0.486. The molecule has 8 heteroatoms. The third kappa shape index (κ3) is 7.34. The molecule has 2 saturated heterocycles. The maximum absolute atomic E-state index is 12.9. The van der Waals surface area contributed by atoms with Crippen LogP contribution in [-0.2, 0) is 9.47 Å². The first-order valence-corrected chi connectivity index (χ1v) is 18.7. The van der Waals surface area contributed by atoms with Gasteiger partial charge in [0.05, 0.1) is 24.2 Å². The number of nitrogens with one attached hydrogen (secondary N) is 2. The second-order valence-electron chi connectivity index (χ2n) is 16.4. The highest BCUT2D eigenvalue weighted by Crippen LogP contribution is 2.52. The number of amides is 2. The predicted octanol–water partition coefficient (Wildman–Crippen LogP) is 10.3. The zero-order chi connectivity index (χ0) is 36.6. The standard InChI is InChI=1S/2C22H26N2O2/c2*1-22(2,3)26-21(25)24-14-13-17-19(15-9-5-4-6-10-15)23-18-12-8-7-11-16(18)20(17)24/h2*4-12,17,19-20,23H,13-14H2,1-3H3/t2*17-,19+,20+/m10/s1. The van der Waals surface area contributed by atoms with Gasteiger partial charge in [-0.2, -0.15) is 0 Å². The lowest BCUT2D eigenvalue weighted by atomic mass is 9.80. The molecule has 4 aromatic carbocycles. The predicted molar refractivity (Wildman–Crippen MR) is 206 cm³/mol. The molecule has 2 fully saturated rings. The highest BCUT2D eigenvalue weighted by molar-refractivity contribution is 5.72. The summed E-state index contributed by atoms with van der Waals surface area (Å²) < 4.78 is 11.4. The van der Waals surface area contributed by atoms with E-state index in [9.17, 15) is 9.59 Å². The number of likely N-dealkylation sites (tertiary alicyclic amines) is 2. The third-order valence-electron chi connectivity index (χ3n) is 10.5. The number of carbonyl (C=O) groups is 2. The van der Waals surface area contributed by atoms with E-state index in [1.807, 2.05) is 87.7 Å². The fourth-order valence-corrected chi connectivity index (χ4v) is 8.48. The number of nitrogens with zero attached hydrogens (tertiary/aromatic N) is 2. The first kappa shape index (κ1) is 35.4. The highest BCUT2D eigenvalue weighted by atomic mass is 16.6. The molecule has 8 rings (SSSR count). The Bertz CT molecular complexity index is 1730. The largest absolute Gasteiger partial charge is 0.444 e. The minimum Gasteiger partial charge on any atom is -0.444 e. The maximum Gasteiger partial charge on any atom is 0.410 e.